The zero-order chi connectivity index (χ0) is 17.1. The minimum Gasteiger partial charge on any atom is -0.385 e. The first-order valence-corrected chi connectivity index (χ1v) is 8.87. The molecule has 0 spiro atoms. The number of anilines is 2. The number of fused-ring (bicyclic) bond motifs is 2. The molecule has 0 amide bonds. The topological polar surface area (TPSA) is 127 Å². The summed E-state index contributed by atoms with van der Waals surface area (Å²) in [4.78, 5) is 22.0. The van der Waals surface area contributed by atoms with Crippen LogP contribution in [0.4, 0.5) is 17.1 Å². The standard InChI is InChI=1S/C12H14BN3O7P/c13-24(20)21-4-8-11(23-24)10(17)12(22-8)15-5-14-9-6(15)2-1-3-7(9)16(18)19/h1-3,8,10-12,14,17,20H,4-5H2/q+1/t8?,10-,11-,12+,24?/m0/s1. The summed E-state index contributed by atoms with van der Waals surface area (Å²) in [7, 11) is 2.03. The van der Waals surface area contributed by atoms with Crippen LogP contribution in [0.15, 0.2) is 18.2 Å². The van der Waals surface area contributed by atoms with Gasteiger partial charge in [-0.15, -0.1) is 0 Å². The van der Waals surface area contributed by atoms with Gasteiger partial charge in [-0.05, 0) is 6.07 Å². The molecule has 0 aromatic heterocycles. The van der Waals surface area contributed by atoms with E-state index >= 15 is 0 Å². The number of para-hydroxylation sites is 1. The molecular weight excluding hydrogens is 340 g/mol. The van der Waals surface area contributed by atoms with Gasteiger partial charge in [0.1, 0.15) is 24.5 Å². The minimum atomic E-state index is -3.45. The monoisotopic (exact) mass is 354 g/mol. The number of aliphatic hydroxyl groups is 1. The molecule has 4 rings (SSSR count). The molecule has 0 aliphatic carbocycles. The van der Waals surface area contributed by atoms with Crippen molar-refractivity contribution >= 4 is 32.4 Å². The molecule has 1 aromatic carbocycles. The molecule has 3 heterocycles. The first-order chi connectivity index (χ1) is 11.4. The number of nitro groups is 1. The highest BCUT2D eigenvalue weighted by Crippen LogP contribution is 2.58. The van der Waals surface area contributed by atoms with Crippen molar-refractivity contribution in [2.45, 2.75) is 24.5 Å². The van der Waals surface area contributed by atoms with E-state index in [1.165, 1.54) is 6.07 Å². The largest absolute Gasteiger partial charge is 0.488 e. The molecule has 2 fully saturated rings. The van der Waals surface area contributed by atoms with Crippen molar-refractivity contribution < 1.29 is 28.7 Å². The van der Waals surface area contributed by atoms with Crippen LogP contribution < -0.4 is 10.2 Å². The molecule has 10 nitrogen and oxygen atoms in total. The Morgan fingerprint density at radius 1 is 1.50 bits per heavy atom. The Morgan fingerprint density at radius 2 is 2.29 bits per heavy atom. The average Bonchev–Trinajstić information content (AvgIpc) is 3.08. The Morgan fingerprint density at radius 3 is 3.04 bits per heavy atom. The number of rotatable bonds is 2. The summed E-state index contributed by atoms with van der Waals surface area (Å²) in [6.45, 7) is 0.228. The van der Waals surface area contributed by atoms with Gasteiger partial charge in [-0.2, -0.15) is 9.05 Å². The molecule has 2 radical (unpaired) electrons. The van der Waals surface area contributed by atoms with E-state index in [4.69, 9.17) is 21.4 Å². The highest BCUT2D eigenvalue weighted by atomic mass is 31.2. The Balaban J connectivity index is 1.61. The molecular formula is C12H14BN3O7P+. The van der Waals surface area contributed by atoms with Crippen molar-refractivity contribution in [3.8, 4) is 0 Å². The zero-order valence-electron chi connectivity index (χ0n) is 12.3. The maximum atomic E-state index is 11.1. The molecule has 12 heteroatoms. The molecule has 5 atom stereocenters. The van der Waals surface area contributed by atoms with Crippen molar-refractivity contribution in [1.82, 2.24) is 0 Å². The molecule has 0 bridgehead atoms. The van der Waals surface area contributed by atoms with Crippen LogP contribution in [0.1, 0.15) is 0 Å². The number of benzene rings is 1. The van der Waals surface area contributed by atoms with Gasteiger partial charge in [0.05, 0.1) is 17.3 Å². The number of nitrogens with zero attached hydrogens (tertiary/aromatic N) is 2. The van der Waals surface area contributed by atoms with Crippen LogP contribution >= 0.6 is 7.82 Å². The third-order valence-electron chi connectivity index (χ3n) is 4.27. The Bertz CT molecular complexity index is 693. The molecule has 3 N–H and O–H groups in total. The SMILES string of the molecule is [B][P+]1(O)OCC2O[C@@H](N3CNc4c3cccc4[N+](=O)[O-])[C@@H](O)[C@H]2O1. The lowest BCUT2D eigenvalue weighted by Crippen LogP contribution is -2.45. The van der Waals surface area contributed by atoms with Crippen LogP contribution in [-0.2, 0) is 13.8 Å². The highest BCUT2D eigenvalue weighted by Gasteiger charge is 2.58. The van der Waals surface area contributed by atoms with E-state index < -0.39 is 37.3 Å². The van der Waals surface area contributed by atoms with Crippen molar-refractivity contribution in [1.29, 1.82) is 0 Å². The molecule has 3 aliphatic heterocycles. The van der Waals surface area contributed by atoms with Gasteiger partial charge in [0, 0.05) is 6.07 Å². The van der Waals surface area contributed by atoms with Gasteiger partial charge < -0.3 is 20.1 Å². The van der Waals surface area contributed by atoms with E-state index in [0.717, 1.165) is 0 Å². The summed E-state index contributed by atoms with van der Waals surface area (Å²) in [5.41, 5.74) is 0.862. The van der Waals surface area contributed by atoms with Crippen molar-refractivity contribution in [2.75, 3.05) is 23.5 Å². The lowest BCUT2D eigenvalue weighted by Gasteiger charge is -2.28. The molecule has 0 saturated carbocycles. The van der Waals surface area contributed by atoms with Crippen LogP contribution in [0.3, 0.4) is 0 Å². The molecule has 24 heavy (non-hydrogen) atoms. The van der Waals surface area contributed by atoms with Gasteiger partial charge in [0.25, 0.3) is 5.69 Å². The number of ether oxygens (including phenoxy) is 1. The fourth-order valence-corrected chi connectivity index (χ4v) is 4.23. The predicted molar refractivity (Wildman–Crippen MR) is 84.5 cm³/mol. The third kappa shape index (κ3) is 2.45. The second-order valence-electron chi connectivity index (χ2n) is 5.72. The maximum absolute atomic E-state index is 11.1. The second kappa shape index (κ2) is 5.52. The summed E-state index contributed by atoms with van der Waals surface area (Å²) >= 11 is 0. The fourth-order valence-electron chi connectivity index (χ4n) is 3.20. The normalized spacial score (nSPS) is 37.7. The summed E-state index contributed by atoms with van der Waals surface area (Å²) in [6, 6.07) is 4.66. The Kier molecular flexibility index (Phi) is 3.68. The summed E-state index contributed by atoms with van der Waals surface area (Å²) in [6.07, 6.45) is -3.31. The molecule has 2 unspecified atom stereocenters. The third-order valence-corrected chi connectivity index (χ3v) is 5.33. The predicted octanol–water partition coefficient (Wildman–Crippen LogP) is 0.124. The number of hydrogen-bond donors (Lipinski definition) is 3. The number of nitro benzene ring substituents is 1. The van der Waals surface area contributed by atoms with Gasteiger partial charge in [-0.3, -0.25) is 10.1 Å². The molecule has 2 saturated heterocycles. The lowest BCUT2D eigenvalue weighted by molar-refractivity contribution is -0.383. The van der Waals surface area contributed by atoms with Gasteiger partial charge in [-0.1, -0.05) is 6.07 Å². The average molecular weight is 354 g/mol. The van der Waals surface area contributed by atoms with Gasteiger partial charge in [-0.25, -0.2) is 4.89 Å². The molecule has 1 aromatic rings. The zero-order valence-corrected chi connectivity index (χ0v) is 13.2. The smallest absolute Gasteiger partial charge is 0.385 e. The first-order valence-electron chi connectivity index (χ1n) is 7.22. The van der Waals surface area contributed by atoms with E-state index in [9.17, 15) is 20.1 Å². The Labute approximate surface area is 138 Å². The second-order valence-corrected chi connectivity index (χ2v) is 7.32. The molecule has 126 valence electrons. The quantitative estimate of drug-likeness (QED) is 0.294. The van der Waals surface area contributed by atoms with Crippen LogP contribution in [0.25, 0.3) is 0 Å². The summed E-state index contributed by atoms with van der Waals surface area (Å²) < 4.78 is 16.0. The van der Waals surface area contributed by atoms with Crippen LogP contribution in [0.2, 0.25) is 0 Å². The number of hydrogen-bond acceptors (Lipinski definition) is 9. The van der Waals surface area contributed by atoms with Crippen LogP contribution in [0.5, 0.6) is 0 Å². The Hall–Kier alpha value is -1.49. The minimum absolute atomic E-state index is 0.00205. The number of nitrogens with one attached hydrogen (secondary N) is 1. The maximum Gasteiger partial charge on any atom is 0.488 e. The van der Waals surface area contributed by atoms with Crippen molar-refractivity contribution in [3.05, 3.63) is 28.3 Å². The highest BCUT2D eigenvalue weighted by molar-refractivity contribution is 7.85. The number of aliphatic hydroxyl groups excluding tert-OH is 1. The fraction of sp³-hybridized carbons (Fsp3) is 0.500. The van der Waals surface area contributed by atoms with Crippen molar-refractivity contribution in [3.63, 3.8) is 0 Å². The van der Waals surface area contributed by atoms with E-state index in [2.05, 4.69) is 5.32 Å². The van der Waals surface area contributed by atoms with E-state index in [-0.39, 0.29) is 19.0 Å². The van der Waals surface area contributed by atoms with Gasteiger partial charge in [0.15, 0.2) is 12.3 Å². The van der Waals surface area contributed by atoms with E-state index in [0.29, 0.717) is 11.4 Å². The molecule has 3 aliphatic rings. The van der Waals surface area contributed by atoms with Gasteiger partial charge >= 0.3 is 15.4 Å². The van der Waals surface area contributed by atoms with Gasteiger partial charge in [0.2, 0.25) is 0 Å². The van der Waals surface area contributed by atoms with E-state index in [1.807, 2.05) is 0 Å². The summed E-state index contributed by atoms with van der Waals surface area (Å²) in [5, 5.41) is 24.6. The first kappa shape index (κ1) is 16.0. The lowest BCUT2D eigenvalue weighted by atomic mass is 10.1. The summed E-state index contributed by atoms with van der Waals surface area (Å²) in [5.74, 6) is 0. The van der Waals surface area contributed by atoms with Crippen molar-refractivity contribution in [2.24, 2.45) is 0 Å². The van der Waals surface area contributed by atoms with E-state index in [1.54, 1.807) is 17.0 Å². The van der Waals surface area contributed by atoms with Crippen LogP contribution in [-0.4, -0.2) is 60.3 Å². The van der Waals surface area contributed by atoms with Crippen LogP contribution in [0, 0.1) is 10.1 Å².